The molecule has 114 valence electrons. The van der Waals surface area contributed by atoms with Crippen molar-refractivity contribution in [3.63, 3.8) is 0 Å². The Morgan fingerprint density at radius 3 is 3.33 bits per heavy atom. The molecule has 2 aromatic heterocycles. The van der Waals surface area contributed by atoms with E-state index in [1.807, 2.05) is 0 Å². The van der Waals surface area contributed by atoms with E-state index in [9.17, 15) is 0 Å². The van der Waals surface area contributed by atoms with E-state index in [2.05, 4.69) is 44.5 Å². The van der Waals surface area contributed by atoms with Crippen LogP contribution in [0.15, 0.2) is 22.7 Å². The van der Waals surface area contributed by atoms with Crippen molar-refractivity contribution in [2.75, 3.05) is 32.1 Å². The van der Waals surface area contributed by atoms with Crippen LogP contribution in [0, 0.1) is 0 Å². The average molecular weight is 324 g/mol. The van der Waals surface area contributed by atoms with Gasteiger partial charge in [0.1, 0.15) is 5.82 Å². The SMILES string of the molecule is CC1COCCN1CCSc1n[nH]c(Cc2cccs2)n1. The fourth-order valence-corrected chi connectivity index (χ4v) is 3.85. The van der Waals surface area contributed by atoms with Crippen molar-refractivity contribution < 1.29 is 4.74 Å². The van der Waals surface area contributed by atoms with Crippen molar-refractivity contribution in [3.05, 3.63) is 28.2 Å². The second kappa shape index (κ2) is 7.40. The summed E-state index contributed by atoms with van der Waals surface area (Å²) < 4.78 is 5.45. The van der Waals surface area contributed by atoms with Gasteiger partial charge in [-0.3, -0.25) is 10.00 Å². The molecule has 0 aromatic carbocycles. The van der Waals surface area contributed by atoms with Gasteiger partial charge in [0.15, 0.2) is 0 Å². The lowest BCUT2D eigenvalue weighted by Gasteiger charge is -2.32. The van der Waals surface area contributed by atoms with Gasteiger partial charge in [-0.05, 0) is 18.4 Å². The molecule has 0 spiro atoms. The minimum absolute atomic E-state index is 0.515. The summed E-state index contributed by atoms with van der Waals surface area (Å²) in [4.78, 5) is 8.32. The van der Waals surface area contributed by atoms with Crippen molar-refractivity contribution in [1.82, 2.24) is 20.1 Å². The largest absolute Gasteiger partial charge is 0.379 e. The minimum atomic E-state index is 0.515. The topological polar surface area (TPSA) is 54.0 Å². The van der Waals surface area contributed by atoms with Crippen LogP contribution in [-0.4, -0.2) is 58.2 Å². The number of ether oxygens (including phenoxy) is 1. The van der Waals surface area contributed by atoms with Crippen LogP contribution < -0.4 is 0 Å². The summed E-state index contributed by atoms with van der Waals surface area (Å²) in [6.45, 7) is 6.00. The molecule has 0 aliphatic carbocycles. The summed E-state index contributed by atoms with van der Waals surface area (Å²) in [6.07, 6.45) is 0.839. The molecule has 2 aromatic rings. The second-order valence-corrected chi connectivity index (χ2v) is 7.22. The van der Waals surface area contributed by atoms with E-state index in [1.54, 1.807) is 23.1 Å². The molecular weight excluding hydrogens is 304 g/mol. The first-order valence-corrected chi connectivity index (χ1v) is 9.06. The van der Waals surface area contributed by atoms with E-state index in [4.69, 9.17) is 4.74 Å². The van der Waals surface area contributed by atoms with E-state index in [1.165, 1.54) is 4.88 Å². The Morgan fingerprint density at radius 1 is 1.57 bits per heavy atom. The maximum atomic E-state index is 5.45. The quantitative estimate of drug-likeness (QED) is 0.826. The number of thioether (sulfide) groups is 1. The molecule has 0 bridgehead atoms. The van der Waals surface area contributed by atoms with Gasteiger partial charge in [0.25, 0.3) is 0 Å². The summed E-state index contributed by atoms with van der Waals surface area (Å²) in [5, 5.41) is 10.3. The molecular formula is C14H20N4OS2. The number of H-pyrrole nitrogens is 1. The highest BCUT2D eigenvalue weighted by atomic mass is 32.2. The zero-order valence-corrected chi connectivity index (χ0v) is 13.8. The normalized spacial score (nSPS) is 20.0. The lowest BCUT2D eigenvalue weighted by molar-refractivity contribution is 0.00298. The smallest absolute Gasteiger partial charge is 0.208 e. The van der Waals surface area contributed by atoms with Crippen LogP contribution in [0.5, 0.6) is 0 Å². The molecule has 21 heavy (non-hydrogen) atoms. The van der Waals surface area contributed by atoms with Gasteiger partial charge in [-0.15, -0.1) is 16.4 Å². The number of aromatic amines is 1. The van der Waals surface area contributed by atoms with Gasteiger partial charge in [0.05, 0.1) is 13.2 Å². The Hall–Kier alpha value is -0.890. The van der Waals surface area contributed by atoms with Gasteiger partial charge in [0, 0.05) is 36.2 Å². The minimum Gasteiger partial charge on any atom is -0.379 e. The van der Waals surface area contributed by atoms with E-state index < -0.39 is 0 Å². The van der Waals surface area contributed by atoms with Crippen LogP contribution in [0.25, 0.3) is 0 Å². The molecule has 5 nitrogen and oxygen atoms in total. The Bertz CT molecular complexity index is 543. The Balaban J connectivity index is 1.44. The molecule has 1 aliphatic rings. The van der Waals surface area contributed by atoms with Gasteiger partial charge >= 0.3 is 0 Å². The molecule has 0 amide bonds. The van der Waals surface area contributed by atoms with Crippen LogP contribution in [-0.2, 0) is 11.2 Å². The molecule has 0 saturated carbocycles. The summed E-state index contributed by atoms with van der Waals surface area (Å²) in [5.74, 6) is 1.96. The van der Waals surface area contributed by atoms with Gasteiger partial charge in [-0.1, -0.05) is 17.8 Å². The standard InChI is InChI=1S/C14H20N4OS2/c1-11-10-19-6-4-18(11)5-8-21-14-15-13(16-17-14)9-12-3-2-7-20-12/h2-3,7,11H,4-6,8-10H2,1H3,(H,15,16,17). The number of morpholine rings is 1. The molecule has 3 rings (SSSR count). The monoisotopic (exact) mass is 324 g/mol. The van der Waals surface area contributed by atoms with E-state index >= 15 is 0 Å². The Kier molecular flexibility index (Phi) is 5.29. The average Bonchev–Trinajstić information content (AvgIpc) is 3.14. The van der Waals surface area contributed by atoms with Gasteiger partial charge in [-0.25, -0.2) is 4.98 Å². The third kappa shape index (κ3) is 4.29. The van der Waals surface area contributed by atoms with Crippen molar-refractivity contribution in [3.8, 4) is 0 Å². The maximum Gasteiger partial charge on any atom is 0.208 e. The maximum absolute atomic E-state index is 5.45. The highest BCUT2D eigenvalue weighted by Crippen LogP contribution is 2.17. The molecule has 1 saturated heterocycles. The van der Waals surface area contributed by atoms with Crippen molar-refractivity contribution in [1.29, 1.82) is 0 Å². The predicted molar refractivity (Wildman–Crippen MR) is 86.1 cm³/mol. The molecule has 1 N–H and O–H groups in total. The zero-order chi connectivity index (χ0) is 14.5. The number of thiophene rings is 1. The van der Waals surface area contributed by atoms with Gasteiger partial charge in [-0.2, -0.15) is 0 Å². The second-order valence-electron chi connectivity index (χ2n) is 5.13. The lowest BCUT2D eigenvalue weighted by Crippen LogP contribution is -2.44. The first kappa shape index (κ1) is 15.0. The lowest BCUT2D eigenvalue weighted by atomic mass is 10.2. The van der Waals surface area contributed by atoms with Crippen LogP contribution in [0.2, 0.25) is 0 Å². The number of nitrogens with zero attached hydrogens (tertiary/aromatic N) is 3. The molecule has 3 heterocycles. The molecule has 0 radical (unpaired) electrons. The van der Waals surface area contributed by atoms with Crippen LogP contribution in [0.3, 0.4) is 0 Å². The first-order chi connectivity index (χ1) is 10.3. The van der Waals surface area contributed by atoms with Crippen molar-refractivity contribution >= 4 is 23.1 Å². The highest BCUT2D eigenvalue weighted by Gasteiger charge is 2.18. The highest BCUT2D eigenvalue weighted by molar-refractivity contribution is 7.99. The fraction of sp³-hybridized carbons (Fsp3) is 0.571. The third-order valence-electron chi connectivity index (χ3n) is 3.55. The number of hydrogen-bond acceptors (Lipinski definition) is 6. The number of aromatic nitrogens is 3. The van der Waals surface area contributed by atoms with E-state index in [0.29, 0.717) is 6.04 Å². The number of hydrogen-bond donors (Lipinski definition) is 1. The number of nitrogens with one attached hydrogen (secondary N) is 1. The number of rotatable bonds is 6. The van der Waals surface area contributed by atoms with Crippen LogP contribution in [0.4, 0.5) is 0 Å². The van der Waals surface area contributed by atoms with Gasteiger partial charge in [0.2, 0.25) is 5.16 Å². The van der Waals surface area contributed by atoms with Crippen molar-refractivity contribution in [2.24, 2.45) is 0 Å². The fourth-order valence-electron chi connectivity index (χ4n) is 2.35. The van der Waals surface area contributed by atoms with Crippen LogP contribution in [0.1, 0.15) is 17.6 Å². The summed E-state index contributed by atoms with van der Waals surface area (Å²) in [5.41, 5.74) is 0. The zero-order valence-electron chi connectivity index (χ0n) is 12.1. The molecule has 7 heteroatoms. The van der Waals surface area contributed by atoms with Crippen LogP contribution >= 0.6 is 23.1 Å². The molecule has 1 fully saturated rings. The first-order valence-electron chi connectivity index (χ1n) is 7.19. The Morgan fingerprint density at radius 2 is 2.52 bits per heavy atom. The van der Waals surface area contributed by atoms with Crippen molar-refractivity contribution in [2.45, 2.75) is 24.5 Å². The molecule has 1 atom stereocenters. The van der Waals surface area contributed by atoms with E-state index in [-0.39, 0.29) is 0 Å². The molecule has 1 unspecified atom stereocenters. The molecule has 1 aliphatic heterocycles. The summed E-state index contributed by atoms with van der Waals surface area (Å²) >= 11 is 3.47. The van der Waals surface area contributed by atoms with E-state index in [0.717, 1.165) is 49.5 Å². The third-order valence-corrected chi connectivity index (χ3v) is 5.25. The van der Waals surface area contributed by atoms with Gasteiger partial charge < -0.3 is 4.74 Å². The summed E-state index contributed by atoms with van der Waals surface area (Å²) in [7, 11) is 0. The predicted octanol–water partition coefficient (Wildman–Crippen LogP) is 2.27. The summed E-state index contributed by atoms with van der Waals surface area (Å²) in [6, 6.07) is 4.70. The Labute approximate surface area is 133 Å².